The van der Waals surface area contributed by atoms with Gasteiger partial charge in [-0.25, -0.2) is 4.98 Å². The lowest BCUT2D eigenvalue weighted by molar-refractivity contribution is 1.02. The summed E-state index contributed by atoms with van der Waals surface area (Å²) < 4.78 is 0. The quantitative estimate of drug-likeness (QED) is 0.779. The Hall–Kier alpha value is -1.97. The van der Waals surface area contributed by atoms with Gasteiger partial charge in [0.15, 0.2) is 0 Å². The minimum atomic E-state index is 0.465. The molecule has 1 heterocycles. The van der Waals surface area contributed by atoms with E-state index in [1.54, 1.807) is 11.3 Å². The summed E-state index contributed by atoms with van der Waals surface area (Å²) in [4.78, 5) is 5.90. The van der Waals surface area contributed by atoms with Crippen molar-refractivity contribution in [2.45, 2.75) is 13.5 Å². The maximum atomic E-state index is 5.86. The van der Waals surface area contributed by atoms with Gasteiger partial charge in [-0.2, -0.15) is 0 Å². The normalized spacial score (nSPS) is 10.7. The van der Waals surface area contributed by atoms with Crippen molar-refractivity contribution in [3.05, 3.63) is 65.9 Å². The lowest BCUT2D eigenvalue weighted by Crippen LogP contribution is -1.98. The van der Waals surface area contributed by atoms with Crippen molar-refractivity contribution in [3.63, 3.8) is 0 Å². The van der Waals surface area contributed by atoms with E-state index in [1.165, 1.54) is 21.6 Å². The summed E-state index contributed by atoms with van der Waals surface area (Å²) in [6, 6.07) is 18.6. The zero-order valence-corrected chi connectivity index (χ0v) is 12.2. The van der Waals surface area contributed by atoms with Crippen molar-refractivity contribution >= 4 is 11.3 Å². The van der Waals surface area contributed by atoms with Gasteiger partial charge in [-0.05, 0) is 18.1 Å². The van der Waals surface area contributed by atoms with Crippen LogP contribution in [0.2, 0.25) is 0 Å². The van der Waals surface area contributed by atoms with E-state index in [1.807, 2.05) is 30.3 Å². The molecular weight excluding hydrogens is 264 g/mol. The van der Waals surface area contributed by atoms with Crippen LogP contribution in [0, 0.1) is 6.92 Å². The van der Waals surface area contributed by atoms with Gasteiger partial charge in [0, 0.05) is 12.1 Å². The van der Waals surface area contributed by atoms with Crippen LogP contribution < -0.4 is 5.73 Å². The van der Waals surface area contributed by atoms with Gasteiger partial charge in [-0.15, -0.1) is 11.3 Å². The van der Waals surface area contributed by atoms with Crippen molar-refractivity contribution in [2.24, 2.45) is 5.73 Å². The predicted molar refractivity (Wildman–Crippen MR) is 85.6 cm³/mol. The monoisotopic (exact) mass is 280 g/mol. The molecule has 2 aromatic carbocycles. The molecule has 3 heteroatoms. The van der Waals surface area contributed by atoms with Crippen molar-refractivity contribution in [3.8, 4) is 21.0 Å². The van der Waals surface area contributed by atoms with Crippen molar-refractivity contribution in [1.82, 2.24) is 4.98 Å². The summed E-state index contributed by atoms with van der Waals surface area (Å²) in [6.07, 6.45) is 0. The number of rotatable bonds is 3. The average molecular weight is 280 g/mol. The Bertz CT molecular complexity index is 717. The maximum Gasteiger partial charge on any atom is 0.124 e. The third-order valence-electron chi connectivity index (χ3n) is 3.30. The van der Waals surface area contributed by atoms with Crippen LogP contribution in [0.5, 0.6) is 0 Å². The van der Waals surface area contributed by atoms with Crippen LogP contribution in [0.25, 0.3) is 21.0 Å². The second-order valence-corrected chi connectivity index (χ2v) is 5.68. The highest BCUT2D eigenvalue weighted by molar-refractivity contribution is 7.18. The topological polar surface area (TPSA) is 38.9 Å². The highest BCUT2D eigenvalue weighted by Crippen LogP contribution is 2.36. The number of nitrogens with zero attached hydrogens (tertiary/aromatic N) is 1. The van der Waals surface area contributed by atoms with E-state index < -0.39 is 0 Å². The van der Waals surface area contributed by atoms with Gasteiger partial charge < -0.3 is 5.73 Å². The molecule has 3 aromatic rings. The van der Waals surface area contributed by atoms with Crippen molar-refractivity contribution in [2.75, 3.05) is 0 Å². The first-order valence-electron chi connectivity index (χ1n) is 6.61. The van der Waals surface area contributed by atoms with E-state index in [0.29, 0.717) is 6.54 Å². The standard InChI is InChI=1S/C17H16N2S/c1-12-7-5-6-10-14(12)17-19-15(11-18)16(20-17)13-8-3-2-4-9-13/h2-10H,11,18H2,1H3. The van der Waals surface area contributed by atoms with Gasteiger partial charge in [-0.1, -0.05) is 54.6 Å². The molecule has 0 radical (unpaired) electrons. The smallest absolute Gasteiger partial charge is 0.124 e. The molecule has 2 nitrogen and oxygen atoms in total. The fourth-order valence-electron chi connectivity index (χ4n) is 2.23. The Balaban J connectivity index is 2.13. The maximum absolute atomic E-state index is 5.86. The summed E-state index contributed by atoms with van der Waals surface area (Å²) in [5.74, 6) is 0. The summed E-state index contributed by atoms with van der Waals surface area (Å²) in [6.45, 7) is 2.58. The lowest BCUT2D eigenvalue weighted by atomic mass is 10.1. The first-order chi connectivity index (χ1) is 9.79. The van der Waals surface area contributed by atoms with Crippen LogP contribution >= 0.6 is 11.3 Å². The van der Waals surface area contributed by atoms with E-state index in [4.69, 9.17) is 10.7 Å². The summed E-state index contributed by atoms with van der Waals surface area (Å²) in [7, 11) is 0. The van der Waals surface area contributed by atoms with Gasteiger partial charge in [0.1, 0.15) is 5.01 Å². The molecule has 0 saturated carbocycles. The van der Waals surface area contributed by atoms with Gasteiger partial charge in [0.25, 0.3) is 0 Å². The van der Waals surface area contributed by atoms with Crippen LogP contribution in [-0.2, 0) is 6.54 Å². The summed E-state index contributed by atoms with van der Waals surface area (Å²) >= 11 is 1.71. The highest BCUT2D eigenvalue weighted by atomic mass is 32.1. The van der Waals surface area contributed by atoms with Gasteiger partial charge in [-0.3, -0.25) is 0 Å². The van der Waals surface area contributed by atoms with E-state index in [0.717, 1.165) is 10.7 Å². The Morgan fingerprint density at radius 3 is 2.40 bits per heavy atom. The molecule has 20 heavy (non-hydrogen) atoms. The fourth-order valence-corrected chi connectivity index (χ4v) is 3.42. The molecule has 1 aromatic heterocycles. The first kappa shape index (κ1) is 13.0. The number of nitrogens with two attached hydrogens (primary N) is 1. The first-order valence-corrected chi connectivity index (χ1v) is 7.42. The Morgan fingerprint density at radius 1 is 1.00 bits per heavy atom. The van der Waals surface area contributed by atoms with Crippen molar-refractivity contribution in [1.29, 1.82) is 0 Å². The Kier molecular flexibility index (Phi) is 3.63. The second-order valence-electron chi connectivity index (χ2n) is 4.68. The number of aromatic nitrogens is 1. The predicted octanol–water partition coefficient (Wildman–Crippen LogP) is 4.24. The molecule has 2 N–H and O–H groups in total. The number of hydrogen-bond donors (Lipinski definition) is 1. The fraction of sp³-hybridized carbons (Fsp3) is 0.118. The van der Waals surface area contributed by atoms with Gasteiger partial charge in [0.2, 0.25) is 0 Å². The molecule has 0 aliphatic heterocycles. The zero-order chi connectivity index (χ0) is 13.9. The van der Waals surface area contributed by atoms with E-state index >= 15 is 0 Å². The van der Waals surface area contributed by atoms with E-state index in [9.17, 15) is 0 Å². The average Bonchev–Trinajstić information content (AvgIpc) is 2.92. The molecule has 0 atom stereocenters. The molecule has 0 spiro atoms. The minimum Gasteiger partial charge on any atom is -0.325 e. The molecule has 0 bridgehead atoms. The number of benzene rings is 2. The molecule has 0 aliphatic rings. The molecular formula is C17H16N2S. The molecule has 3 rings (SSSR count). The molecule has 0 fully saturated rings. The van der Waals surface area contributed by atoms with Crippen LogP contribution in [0.3, 0.4) is 0 Å². The lowest BCUT2D eigenvalue weighted by Gasteiger charge is -2.00. The molecule has 100 valence electrons. The number of hydrogen-bond acceptors (Lipinski definition) is 3. The minimum absolute atomic E-state index is 0.465. The summed E-state index contributed by atoms with van der Waals surface area (Å²) in [5, 5.41) is 1.04. The van der Waals surface area contributed by atoms with Crippen LogP contribution in [0.15, 0.2) is 54.6 Å². The van der Waals surface area contributed by atoms with Crippen LogP contribution in [0.1, 0.15) is 11.3 Å². The zero-order valence-electron chi connectivity index (χ0n) is 11.3. The van der Waals surface area contributed by atoms with Crippen LogP contribution in [0.4, 0.5) is 0 Å². The Morgan fingerprint density at radius 2 is 1.70 bits per heavy atom. The molecule has 0 unspecified atom stereocenters. The highest BCUT2D eigenvalue weighted by Gasteiger charge is 2.13. The molecule has 0 saturated heterocycles. The summed E-state index contributed by atoms with van der Waals surface area (Å²) in [5.41, 5.74) is 10.4. The van der Waals surface area contributed by atoms with Crippen molar-refractivity contribution < 1.29 is 0 Å². The second kappa shape index (κ2) is 5.57. The van der Waals surface area contributed by atoms with E-state index in [2.05, 4.69) is 31.2 Å². The third-order valence-corrected chi connectivity index (χ3v) is 4.48. The van der Waals surface area contributed by atoms with Crippen LogP contribution in [-0.4, -0.2) is 4.98 Å². The van der Waals surface area contributed by atoms with Gasteiger partial charge in [0.05, 0.1) is 10.6 Å². The Labute approximate surface area is 122 Å². The largest absolute Gasteiger partial charge is 0.325 e. The molecule has 0 aliphatic carbocycles. The number of thiazole rings is 1. The third kappa shape index (κ3) is 2.38. The SMILES string of the molecule is Cc1ccccc1-c1nc(CN)c(-c2ccccc2)s1. The van der Waals surface area contributed by atoms with Gasteiger partial charge >= 0.3 is 0 Å². The van der Waals surface area contributed by atoms with E-state index in [-0.39, 0.29) is 0 Å². The molecule has 0 amide bonds. The number of aryl methyl sites for hydroxylation is 1.